The van der Waals surface area contributed by atoms with E-state index >= 15 is 0 Å². The zero-order chi connectivity index (χ0) is 15.7. The van der Waals surface area contributed by atoms with Crippen molar-refractivity contribution in [1.29, 1.82) is 0 Å². The Balaban J connectivity index is 2.28. The normalized spacial score (nSPS) is 12.9. The number of hydrogen-bond acceptors (Lipinski definition) is 4. The maximum absolute atomic E-state index is 12.4. The summed E-state index contributed by atoms with van der Waals surface area (Å²) < 4.78 is 33.0. The molecule has 1 heterocycles. The number of hydrogen-bond donors (Lipinski definition) is 3. The van der Waals surface area contributed by atoms with Crippen molar-refractivity contribution >= 4 is 26.6 Å². The molecule has 21 heavy (non-hydrogen) atoms. The first-order chi connectivity index (χ1) is 9.75. The molecule has 0 bridgehead atoms. The Kier molecular flexibility index (Phi) is 4.27. The summed E-state index contributed by atoms with van der Waals surface area (Å²) in [5.74, 6) is 0. The van der Waals surface area contributed by atoms with Gasteiger partial charge in [0.1, 0.15) is 4.90 Å². The first-order valence-corrected chi connectivity index (χ1v) is 8.24. The molecule has 2 aromatic rings. The second kappa shape index (κ2) is 5.67. The Labute approximate surface area is 124 Å². The first-order valence-electron chi connectivity index (χ1n) is 6.75. The molecule has 0 fully saturated rings. The van der Waals surface area contributed by atoms with Gasteiger partial charge in [0, 0.05) is 35.9 Å². The van der Waals surface area contributed by atoms with Crippen LogP contribution >= 0.6 is 0 Å². The summed E-state index contributed by atoms with van der Waals surface area (Å²) in [7, 11) is -3.63. The Bertz CT molecular complexity index is 735. The minimum Gasteiger partial charge on any atom is -0.399 e. The largest absolute Gasteiger partial charge is 0.399 e. The van der Waals surface area contributed by atoms with Crippen molar-refractivity contribution in [3.63, 3.8) is 0 Å². The summed E-state index contributed by atoms with van der Waals surface area (Å²) in [5, 5.41) is 0.580. The van der Waals surface area contributed by atoms with Crippen LogP contribution in [0.1, 0.15) is 20.8 Å². The number of nitrogen functional groups attached to an aromatic ring is 1. The highest BCUT2D eigenvalue weighted by Gasteiger charge is 2.24. The highest BCUT2D eigenvalue weighted by molar-refractivity contribution is 7.89. The molecule has 1 aromatic carbocycles. The number of anilines is 1. The van der Waals surface area contributed by atoms with Gasteiger partial charge in [0.15, 0.2) is 0 Å². The van der Waals surface area contributed by atoms with Crippen LogP contribution in [0.3, 0.4) is 0 Å². The lowest BCUT2D eigenvalue weighted by Crippen LogP contribution is -2.40. The van der Waals surface area contributed by atoms with Gasteiger partial charge in [-0.05, 0) is 39.0 Å². The third-order valence-corrected chi connectivity index (χ3v) is 4.62. The van der Waals surface area contributed by atoms with Gasteiger partial charge in [0.25, 0.3) is 0 Å². The molecule has 0 aliphatic heterocycles. The van der Waals surface area contributed by atoms with E-state index in [0.29, 0.717) is 17.7 Å². The summed E-state index contributed by atoms with van der Waals surface area (Å²) in [6, 6.07) is 5.13. The van der Waals surface area contributed by atoms with Gasteiger partial charge >= 0.3 is 0 Å². The molecule has 0 amide bonds. The number of H-pyrrole nitrogens is 1. The molecule has 0 saturated carbocycles. The van der Waals surface area contributed by atoms with Gasteiger partial charge in [0.05, 0.1) is 5.60 Å². The van der Waals surface area contributed by atoms with Crippen molar-refractivity contribution in [1.82, 2.24) is 9.71 Å². The molecule has 0 aliphatic carbocycles. The summed E-state index contributed by atoms with van der Waals surface area (Å²) >= 11 is 0. The Hall–Kier alpha value is -1.57. The number of ether oxygens (including phenoxy) is 1. The third-order valence-electron chi connectivity index (χ3n) is 3.18. The maximum atomic E-state index is 12.4. The molecule has 1 aromatic heterocycles. The maximum Gasteiger partial charge on any atom is 0.242 e. The molecule has 0 atom stereocenters. The first kappa shape index (κ1) is 15.8. The van der Waals surface area contributed by atoms with Gasteiger partial charge in [-0.3, -0.25) is 0 Å². The molecule has 0 saturated heterocycles. The van der Waals surface area contributed by atoms with E-state index in [1.807, 2.05) is 20.8 Å². The smallest absolute Gasteiger partial charge is 0.242 e. The molecule has 0 unspecified atom stereocenters. The highest BCUT2D eigenvalue weighted by Crippen LogP contribution is 2.24. The lowest BCUT2D eigenvalue weighted by molar-refractivity contribution is -0.00514. The van der Waals surface area contributed by atoms with Crippen LogP contribution in [0.2, 0.25) is 0 Å². The van der Waals surface area contributed by atoms with E-state index in [-0.39, 0.29) is 11.4 Å². The monoisotopic (exact) mass is 311 g/mol. The molecule has 0 spiro atoms. The number of fused-ring (bicyclic) bond motifs is 1. The van der Waals surface area contributed by atoms with Crippen molar-refractivity contribution in [2.75, 3.05) is 18.9 Å². The van der Waals surface area contributed by atoms with Gasteiger partial charge in [-0.25, -0.2) is 13.1 Å². The molecule has 0 radical (unpaired) electrons. The van der Waals surface area contributed by atoms with Crippen LogP contribution in [0.5, 0.6) is 0 Å². The molecule has 0 aliphatic rings. The number of benzene rings is 1. The zero-order valence-electron chi connectivity index (χ0n) is 12.4. The minimum absolute atomic E-state index is 0.192. The van der Waals surface area contributed by atoms with Gasteiger partial charge in [-0.15, -0.1) is 0 Å². The number of nitrogens with two attached hydrogens (primary N) is 1. The molecular weight excluding hydrogens is 290 g/mol. The number of sulfonamides is 1. The van der Waals surface area contributed by atoms with E-state index in [9.17, 15) is 8.42 Å². The van der Waals surface area contributed by atoms with Crippen molar-refractivity contribution in [3.8, 4) is 0 Å². The van der Waals surface area contributed by atoms with Crippen LogP contribution in [0, 0.1) is 0 Å². The minimum atomic E-state index is -3.63. The van der Waals surface area contributed by atoms with Crippen LogP contribution in [0.4, 0.5) is 5.69 Å². The van der Waals surface area contributed by atoms with Crippen molar-refractivity contribution in [2.24, 2.45) is 0 Å². The Morgan fingerprint density at radius 2 is 2.10 bits per heavy atom. The zero-order valence-corrected chi connectivity index (χ0v) is 13.3. The van der Waals surface area contributed by atoms with E-state index in [4.69, 9.17) is 10.5 Å². The van der Waals surface area contributed by atoms with Crippen LogP contribution in [0.15, 0.2) is 29.3 Å². The predicted molar refractivity (Wildman–Crippen MR) is 83.6 cm³/mol. The fourth-order valence-corrected chi connectivity index (χ4v) is 3.49. The molecule has 7 heteroatoms. The Morgan fingerprint density at radius 1 is 1.38 bits per heavy atom. The van der Waals surface area contributed by atoms with Crippen LogP contribution in [-0.2, 0) is 14.8 Å². The van der Waals surface area contributed by atoms with Gasteiger partial charge in [-0.2, -0.15) is 0 Å². The van der Waals surface area contributed by atoms with Crippen LogP contribution in [0.25, 0.3) is 10.9 Å². The third kappa shape index (κ3) is 3.55. The molecule has 116 valence electrons. The van der Waals surface area contributed by atoms with Gasteiger partial charge in [-0.1, -0.05) is 0 Å². The summed E-state index contributed by atoms with van der Waals surface area (Å²) in [6.07, 6.45) is 1.47. The number of aromatic amines is 1. The van der Waals surface area contributed by atoms with Gasteiger partial charge in [0.2, 0.25) is 10.0 Å². The summed E-state index contributed by atoms with van der Waals surface area (Å²) in [6.45, 7) is 6.27. The molecular formula is C14H21N3O3S. The second-order valence-electron chi connectivity index (χ2n) is 5.48. The lowest BCUT2D eigenvalue weighted by atomic mass is 10.1. The molecule has 6 nitrogen and oxygen atoms in total. The molecule has 2 rings (SSSR count). The van der Waals surface area contributed by atoms with Gasteiger partial charge < -0.3 is 15.5 Å². The standard InChI is InChI=1S/C14H21N3O3S/c1-4-20-14(2,3)9-17-21(18,19)13-8-16-12-6-5-10(15)7-11(12)13/h5-8,16-17H,4,9,15H2,1-3H3. The topological polar surface area (TPSA) is 97.2 Å². The fourth-order valence-electron chi connectivity index (χ4n) is 2.12. The lowest BCUT2D eigenvalue weighted by Gasteiger charge is -2.24. The van der Waals surface area contributed by atoms with E-state index in [1.54, 1.807) is 18.2 Å². The fraction of sp³-hybridized carbons (Fsp3) is 0.429. The van der Waals surface area contributed by atoms with Crippen molar-refractivity contribution in [3.05, 3.63) is 24.4 Å². The van der Waals surface area contributed by atoms with Crippen LogP contribution in [-0.4, -0.2) is 32.2 Å². The Morgan fingerprint density at radius 3 is 2.76 bits per heavy atom. The number of nitrogens with one attached hydrogen (secondary N) is 2. The summed E-state index contributed by atoms with van der Waals surface area (Å²) in [5.41, 5.74) is 6.42. The van der Waals surface area contributed by atoms with Crippen molar-refractivity contribution < 1.29 is 13.2 Å². The van der Waals surface area contributed by atoms with E-state index in [1.165, 1.54) is 6.20 Å². The molecule has 4 N–H and O–H groups in total. The highest BCUT2D eigenvalue weighted by atomic mass is 32.2. The van der Waals surface area contributed by atoms with Crippen LogP contribution < -0.4 is 10.5 Å². The number of aromatic nitrogens is 1. The average Bonchev–Trinajstić information content (AvgIpc) is 2.80. The van der Waals surface area contributed by atoms with E-state index < -0.39 is 15.6 Å². The number of rotatable bonds is 6. The summed E-state index contributed by atoms with van der Waals surface area (Å²) in [4.78, 5) is 3.13. The SMILES string of the molecule is CCOC(C)(C)CNS(=O)(=O)c1c[nH]c2ccc(N)cc12. The van der Waals surface area contributed by atoms with E-state index in [2.05, 4.69) is 9.71 Å². The van der Waals surface area contributed by atoms with Crippen molar-refractivity contribution in [2.45, 2.75) is 31.3 Å². The average molecular weight is 311 g/mol. The van der Waals surface area contributed by atoms with E-state index in [0.717, 1.165) is 5.52 Å². The predicted octanol–water partition coefficient (Wildman–Crippen LogP) is 1.84. The second-order valence-corrected chi connectivity index (χ2v) is 7.21. The quantitative estimate of drug-likeness (QED) is 0.709.